The van der Waals surface area contributed by atoms with Crippen molar-refractivity contribution in [2.24, 2.45) is 0 Å². The lowest BCUT2D eigenvalue weighted by Gasteiger charge is -2.30. The fraction of sp³-hybridized carbons (Fsp3) is 0.476. The largest absolute Gasteiger partial charge is 0.310 e. The zero-order chi connectivity index (χ0) is 17.9. The summed E-state index contributed by atoms with van der Waals surface area (Å²) in [4.78, 5) is 12.4. The number of rotatable bonds is 4. The van der Waals surface area contributed by atoms with E-state index in [9.17, 15) is 4.79 Å². The maximum atomic E-state index is 12.4. The fourth-order valence-corrected chi connectivity index (χ4v) is 4.21. The van der Waals surface area contributed by atoms with Gasteiger partial charge in [0.15, 0.2) is 0 Å². The average Bonchev–Trinajstić information content (AvgIpc) is 3.13. The van der Waals surface area contributed by atoms with E-state index >= 15 is 0 Å². The Labute approximate surface area is 153 Å². The molecule has 1 fully saturated rings. The molecule has 4 rings (SSSR count). The summed E-state index contributed by atoms with van der Waals surface area (Å²) in [5.74, 6) is 0. The Morgan fingerprint density at radius 1 is 1.19 bits per heavy atom. The first-order valence-electron chi connectivity index (χ1n) is 9.57. The molecule has 0 amide bonds. The molecule has 0 unspecified atom stereocenters. The molecule has 1 aromatic heterocycles. The third-order valence-corrected chi connectivity index (χ3v) is 5.68. The van der Waals surface area contributed by atoms with E-state index < -0.39 is 0 Å². The van der Waals surface area contributed by atoms with Gasteiger partial charge in [-0.05, 0) is 68.2 Å². The molecule has 1 heterocycles. The standard InChI is InChI=1S/C21H24N4O/c22-13-15-3-1-4-16(11-15)14-23-18-7-9-19(10-8-18)25-21(26)12-17-5-2-6-20(17)24-25/h1,3-4,11-12,18-19,23H,2,5-10,14H2. The first-order chi connectivity index (χ1) is 12.7. The van der Waals surface area contributed by atoms with Gasteiger partial charge in [-0.15, -0.1) is 0 Å². The molecule has 2 aromatic rings. The summed E-state index contributed by atoms with van der Waals surface area (Å²) in [6.45, 7) is 0.780. The van der Waals surface area contributed by atoms with Gasteiger partial charge in [0, 0.05) is 18.7 Å². The molecule has 0 bridgehead atoms. The molecule has 1 saturated carbocycles. The van der Waals surface area contributed by atoms with E-state index in [1.54, 1.807) is 4.68 Å². The Kier molecular flexibility index (Phi) is 4.85. The molecule has 0 aliphatic heterocycles. The molecule has 2 aliphatic carbocycles. The SMILES string of the molecule is N#Cc1cccc(CNC2CCC(n3nc4c(cc3=O)CCC4)CC2)c1. The van der Waals surface area contributed by atoms with Crippen molar-refractivity contribution in [1.29, 1.82) is 5.26 Å². The number of nitriles is 1. The topological polar surface area (TPSA) is 70.7 Å². The maximum Gasteiger partial charge on any atom is 0.267 e. The van der Waals surface area contributed by atoms with E-state index in [4.69, 9.17) is 5.26 Å². The number of hydrogen-bond acceptors (Lipinski definition) is 4. The Bertz CT molecular complexity index is 888. The molecule has 5 nitrogen and oxygen atoms in total. The van der Waals surface area contributed by atoms with Crippen molar-refractivity contribution >= 4 is 0 Å². The summed E-state index contributed by atoms with van der Waals surface area (Å²) >= 11 is 0. The van der Waals surface area contributed by atoms with Gasteiger partial charge in [-0.1, -0.05) is 12.1 Å². The number of benzene rings is 1. The Hall–Kier alpha value is -2.45. The predicted octanol–water partition coefficient (Wildman–Crippen LogP) is 2.88. The number of fused-ring (bicyclic) bond motifs is 1. The molecule has 1 N–H and O–H groups in total. The van der Waals surface area contributed by atoms with Crippen molar-refractivity contribution in [2.45, 2.75) is 63.6 Å². The van der Waals surface area contributed by atoms with Crippen molar-refractivity contribution in [1.82, 2.24) is 15.1 Å². The fourth-order valence-electron chi connectivity index (χ4n) is 4.21. The minimum atomic E-state index is 0.0652. The lowest BCUT2D eigenvalue weighted by molar-refractivity contribution is 0.267. The Balaban J connectivity index is 1.34. The molecule has 5 heteroatoms. The number of nitrogens with one attached hydrogen (secondary N) is 1. The van der Waals surface area contributed by atoms with Crippen LogP contribution in [-0.4, -0.2) is 15.8 Å². The van der Waals surface area contributed by atoms with Gasteiger partial charge in [0.1, 0.15) is 0 Å². The number of nitrogens with zero attached hydrogens (tertiary/aromatic N) is 3. The summed E-state index contributed by atoms with van der Waals surface area (Å²) in [6, 6.07) is 12.4. The van der Waals surface area contributed by atoms with Crippen molar-refractivity contribution in [2.75, 3.05) is 0 Å². The normalized spacial score (nSPS) is 22.0. The molecule has 1 aromatic carbocycles. The van der Waals surface area contributed by atoms with E-state index in [0.717, 1.165) is 68.3 Å². The van der Waals surface area contributed by atoms with Crippen LogP contribution in [0.25, 0.3) is 0 Å². The van der Waals surface area contributed by atoms with E-state index in [-0.39, 0.29) is 11.6 Å². The van der Waals surface area contributed by atoms with E-state index in [0.29, 0.717) is 11.6 Å². The minimum Gasteiger partial charge on any atom is -0.310 e. The summed E-state index contributed by atoms with van der Waals surface area (Å²) < 4.78 is 1.75. The van der Waals surface area contributed by atoms with Crippen LogP contribution in [0.4, 0.5) is 0 Å². The van der Waals surface area contributed by atoms with Crippen LogP contribution in [0.1, 0.15) is 60.5 Å². The molecule has 26 heavy (non-hydrogen) atoms. The van der Waals surface area contributed by atoms with Crippen LogP contribution in [0.2, 0.25) is 0 Å². The molecule has 2 aliphatic rings. The van der Waals surface area contributed by atoms with E-state index in [1.807, 2.05) is 30.3 Å². The summed E-state index contributed by atoms with van der Waals surface area (Å²) in [7, 11) is 0. The highest BCUT2D eigenvalue weighted by atomic mass is 16.1. The van der Waals surface area contributed by atoms with Crippen LogP contribution in [0.3, 0.4) is 0 Å². The molecular weight excluding hydrogens is 324 g/mol. The monoisotopic (exact) mass is 348 g/mol. The highest BCUT2D eigenvalue weighted by Gasteiger charge is 2.25. The smallest absolute Gasteiger partial charge is 0.267 e. The zero-order valence-corrected chi connectivity index (χ0v) is 14.9. The Morgan fingerprint density at radius 2 is 2.04 bits per heavy atom. The number of aromatic nitrogens is 2. The lowest BCUT2D eigenvalue weighted by atomic mass is 9.91. The molecule has 0 saturated heterocycles. The van der Waals surface area contributed by atoms with Gasteiger partial charge in [0.25, 0.3) is 5.56 Å². The van der Waals surface area contributed by atoms with E-state index in [2.05, 4.69) is 16.5 Å². The van der Waals surface area contributed by atoms with Gasteiger partial charge in [-0.3, -0.25) is 4.79 Å². The quantitative estimate of drug-likeness (QED) is 0.922. The van der Waals surface area contributed by atoms with Gasteiger partial charge in [-0.25, -0.2) is 4.68 Å². The number of hydrogen-bond donors (Lipinski definition) is 1. The predicted molar refractivity (Wildman–Crippen MR) is 99.8 cm³/mol. The van der Waals surface area contributed by atoms with Crippen molar-refractivity contribution in [3.05, 3.63) is 63.1 Å². The van der Waals surface area contributed by atoms with Crippen LogP contribution in [0, 0.1) is 11.3 Å². The molecule has 134 valence electrons. The average molecular weight is 348 g/mol. The van der Waals surface area contributed by atoms with Crippen LogP contribution in [-0.2, 0) is 19.4 Å². The molecule has 0 atom stereocenters. The molecule has 0 spiro atoms. The van der Waals surface area contributed by atoms with Crippen LogP contribution < -0.4 is 10.9 Å². The highest BCUT2D eigenvalue weighted by Crippen LogP contribution is 2.28. The highest BCUT2D eigenvalue weighted by molar-refractivity contribution is 5.32. The molecule has 0 radical (unpaired) electrons. The van der Waals surface area contributed by atoms with Crippen molar-refractivity contribution in [3.8, 4) is 6.07 Å². The van der Waals surface area contributed by atoms with Gasteiger partial charge >= 0.3 is 0 Å². The lowest BCUT2D eigenvalue weighted by Crippen LogP contribution is -2.36. The second-order valence-corrected chi connectivity index (χ2v) is 7.45. The first kappa shape index (κ1) is 17.0. The molecular formula is C21H24N4O. The van der Waals surface area contributed by atoms with Crippen LogP contribution in [0.15, 0.2) is 35.1 Å². The van der Waals surface area contributed by atoms with Crippen LogP contribution >= 0.6 is 0 Å². The minimum absolute atomic E-state index is 0.0652. The van der Waals surface area contributed by atoms with E-state index in [1.165, 1.54) is 0 Å². The summed E-state index contributed by atoms with van der Waals surface area (Å²) in [5, 5.41) is 17.3. The first-order valence-corrected chi connectivity index (χ1v) is 9.57. The third kappa shape index (κ3) is 3.56. The van der Waals surface area contributed by atoms with Crippen molar-refractivity contribution in [3.63, 3.8) is 0 Å². The summed E-state index contributed by atoms with van der Waals surface area (Å²) in [6.07, 6.45) is 7.20. The Morgan fingerprint density at radius 3 is 2.85 bits per heavy atom. The number of aryl methyl sites for hydroxylation is 2. The second kappa shape index (κ2) is 7.43. The maximum absolute atomic E-state index is 12.4. The van der Waals surface area contributed by atoms with Gasteiger partial charge in [0.2, 0.25) is 0 Å². The van der Waals surface area contributed by atoms with Crippen LogP contribution in [0.5, 0.6) is 0 Å². The van der Waals surface area contributed by atoms with Gasteiger partial charge in [0.05, 0.1) is 23.4 Å². The zero-order valence-electron chi connectivity index (χ0n) is 14.9. The third-order valence-electron chi connectivity index (χ3n) is 5.68. The van der Waals surface area contributed by atoms with Gasteiger partial charge < -0.3 is 5.32 Å². The summed E-state index contributed by atoms with van der Waals surface area (Å²) in [5.41, 5.74) is 4.19. The van der Waals surface area contributed by atoms with Gasteiger partial charge in [-0.2, -0.15) is 10.4 Å². The van der Waals surface area contributed by atoms with Crippen molar-refractivity contribution < 1.29 is 0 Å². The second-order valence-electron chi connectivity index (χ2n) is 7.45.